The van der Waals surface area contributed by atoms with E-state index in [2.05, 4.69) is 22.4 Å². The number of hydrogen-bond donors (Lipinski definition) is 1. The standard InChI is InChI=1S/C25H27Cl3N4O/c26-20-2-1-18(23(28)13-20)5-9-30-24-14-21(3-4-22(24)27)31-11-7-19(8-12-31)25(33)32-10-6-17(15-29)16-32/h1-4,13-14,17,19,30H,5-12,16H2. The lowest BCUT2D eigenvalue weighted by atomic mass is 9.95. The van der Waals surface area contributed by atoms with E-state index in [4.69, 9.17) is 40.1 Å². The van der Waals surface area contributed by atoms with Crippen molar-refractivity contribution < 1.29 is 4.79 Å². The monoisotopic (exact) mass is 504 g/mol. The molecule has 2 aliphatic rings. The zero-order valence-electron chi connectivity index (χ0n) is 18.4. The maximum absolute atomic E-state index is 12.8. The van der Waals surface area contributed by atoms with Crippen molar-refractivity contribution in [2.75, 3.05) is 42.9 Å². The zero-order valence-corrected chi connectivity index (χ0v) is 20.6. The van der Waals surface area contributed by atoms with Gasteiger partial charge in [-0.1, -0.05) is 40.9 Å². The molecule has 0 spiro atoms. The minimum Gasteiger partial charge on any atom is -0.383 e. The van der Waals surface area contributed by atoms with Crippen LogP contribution >= 0.6 is 34.8 Å². The van der Waals surface area contributed by atoms with E-state index < -0.39 is 0 Å². The highest BCUT2D eigenvalue weighted by Gasteiger charge is 2.33. The van der Waals surface area contributed by atoms with Crippen molar-refractivity contribution >= 4 is 52.1 Å². The molecule has 1 N–H and O–H groups in total. The van der Waals surface area contributed by atoms with Crippen LogP contribution in [0.25, 0.3) is 0 Å². The third kappa shape index (κ3) is 5.87. The van der Waals surface area contributed by atoms with Crippen LogP contribution in [0.1, 0.15) is 24.8 Å². The number of likely N-dealkylation sites (tertiary alicyclic amines) is 1. The van der Waals surface area contributed by atoms with Crippen molar-refractivity contribution in [3.05, 3.63) is 57.0 Å². The highest BCUT2D eigenvalue weighted by molar-refractivity contribution is 6.35. The third-order valence-electron chi connectivity index (χ3n) is 6.57. The van der Waals surface area contributed by atoms with Crippen LogP contribution in [0.15, 0.2) is 36.4 Å². The van der Waals surface area contributed by atoms with Gasteiger partial charge in [0.1, 0.15) is 0 Å². The van der Waals surface area contributed by atoms with Gasteiger partial charge < -0.3 is 15.1 Å². The Morgan fingerprint density at radius 3 is 2.52 bits per heavy atom. The molecule has 2 aromatic rings. The minimum absolute atomic E-state index is 0.00950. The van der Waals surface area contributed by atoms with Crippen LogP contribution < -0.4 is 10.2 Å². The predicted molar refractivity (Wildman–Crippen MR) is 135 cm³/mol. The first-order chi connectivity index (χ1) is 15.9. The van der Waals surface area contributed by atoms with Gasteiger partial charge in [0.2, 0.25) is 5.91 Å². The number of halogens is 3. The molecule has 1 atom stereocenters. The lowest BCUT2D eigenvalue weighted by Crippen LogP contribution is -2.42. The first-order valence-corrected chi connectivity index (χ1v) is 12.5. The second kappa shape index (κ2) is 10.9. The van der Waals surface area contributed by atoms with Crippen LogP contribution in [-0.4, -0.2) is 43.5 Å². The molecule has 0 aromatic heterocycles. The fourth-order valence-electron chi connectivity index (χ4n) is 4.61. The SMILES string of the molecule is N#CC1CCN(C(=O)C2CCN(c3ccc(Cl)c(NCCc4ccc(Cl)cc4Cl)c3)CC2)C1. The Morgan fingerprint density at radius 2 is 1.82 bits per heavy atom. The number of hydrogen-bond acceptors (Lipinski definition) is 4. The molecule has 1 unspecified atom stereocenters. The Kier molecular flexibility index (Phi) is 7.90. The third-order valence-corrected chi connectivity index (χ3v) is 7.48. The molecular weight excluding hydrogens is 479 g/mol. The van der Waals surface area contributed by atoms with E-state index in [0.29, 0.717) is 34.7 Å². The predicted octanol–water partition coefficient (Wildman–Crippen LogP) is 5.89. The quantitative estimate of drug-likeness (QED) is 0.532. The summed E-state index contributed by atoms with van der Waals surface area (Å²) < 4.78 is 0. The Hall–Kier alpha value is -2.13. The summed E-state index contributed by atoms with van der Waals surface area (Å²) in [6, 6.07) is 13.9. The molecule has 0 radical (unpaired) electrons. The van der Waals surface area contributed by atoms with Crippen molar-refractivity contribution in [2.24, 2.45) is 11.8 Å². The van der Waals surface area contributed by atoms with Crippen LogP contribution in [0.5, 0.6) is 0 Å². The van der Waals surface area contributed by atoms with Gasteiger partial charge in [0.05, 0.1) is 22.7 Å². The van der Waals surface area contributed by atoms with Gasteiger partial charge in [0.25, 0.3) is 0 Å². The Bertz CT molecular complexity index is 1050. The number of carbonyl (C=O) groups excluding carboxylic acids is 1. The number of piperidine rings is 1. The molecule has 2 fully saturated rings. The van der Waals surface area contributed by atoms with E-state index >= 15 is 0 Å². The summed E-state index contributed by atoms with van der Waals surface area (Å²) in [6.07, 6.45) is 3.21. The zero-order chi connectivity index (χ0) is 23.4. The molecule has 33 heavy (non-hydrogen) atoms. The molecule has 0 saturated carbocycles. The minimum atomic E-state index is -0.00950. The number of nitrogens with zero attached hydrogens (tertiary/aromatic N) is 3. The topological polar surface area (TPSA) is 59.4 Å². The normalized spacial score (nSPS) is 18.9. The fourth-order valence-corrected chi connectivity index (χ4v) is 5.30. The largest absolute Gasteiger partial charge is 0.383 e. The lowest BCUT2D eigenvalue weighted by Gasteiger charge is -2.34. The van der Waals surface area contributed by atoms with E-state index in [-0.39, 0.29) is 17.7 Å². The second-order valence-corrected chi connectivity index (χ2v) is 9.99. The van der Waals surface area contributed by atoms with E-state index in [9.17, 15) is 4.79 Å². The Balaban J connectivity index is 1.31. The van der Waals surface area contributed by atoms with Crippen molar-refractivity contribution in [3.8, 4) is 6.07 Å². The lowest BCUT2D eigenvalue weighted by molar-refractivity contribution is -0.135. The fraction of sp³-hybridized carbons (Fsp3) is 0.440. The van der Waals surface area contributed by atoms with E-state index in [1.54, 1.807) is 6.07 Å². The molecule has 4 rings (SSSR count). The van der Waals surface area contributed by atoms with Crippen LogP contribution in [0, 0.1) is 23.2 Å². The van der Waals surface area contributed by atoms with Crippen LogP contribution in [-0.2, 0) is 11.2 Å². The average molecular weight is 506 g/mol. The molecule has 8 heteroatoms. The Labute approximate surface area is 210 Å². The maximum atomic E-state index is 12.8. The van der Waals surface area contributed by atoms with Gasteiger partial charge in [-0.3, -0.25) is 4.79 Å². The smallest absolute Gasteiger partial charge is 0.225 e. The Morgan fingerprint density at radius 1 is 1.03 bits per heavy atom. The highest BCUT2D eigenvalue weighted by Crippen LogP contribution is 2.31. The van der Waals surface area contributed by atoms with Crippen molar-refractivity contribution in [1.29, 1.82) is 5.26 Å². The molecule has 1 amide bonds. The van der Waals surface area contributed by atoms with Crippen molar-refractivity contribution in [1.82, 2.24) is 4.90 Å². The van der Waals surface area contributed by atoms with Gasteiger partial charge in [-0.05, 0) is 61.6 Å². The van der Waals surface area contributed by atoms with Crippen LogP contribution in [0.2, 0.25) is 15.1 Å². The van der Waals surface area contributed by atoms with Crippen LogP contribution in [0.4, 0.5) is 11.4 Å². The number of nitrogens with one attached hydrogen (secondary N) is 1. The van der Waals surface area contributed by atoms with E-state index in [1.807, 2.05) is 29.2 Å². The first-order valence-electron chi connectivity index (χ1n) is 11.4. The summed E-state index contributed by atoms with van der Waals surface area (Å²) in [6.45, 7) is 3.65. The molecule has 2 heterocycles. The molecule has 174 valence electrons. The van der Waals surface area contributed by atoms with Gasteiger partial charge >= 0.3 is 0 Å². The van der Waals surface area contributed by atoms with Gasteiger partial charge in [-0.2, -0.15) is 5.26 Å². The van der Waals surface area contributed by atoms with Crippen molar-refractivity contribution in [2.45, 2.75) is 25.7 Å². The van der Waals surface area contributed by atoms with E-state index in [0.717, 1.165) is 55.7 Å². The van der Waals surface area contributed by atoms with Crippen molar-refractivity contribution in [3.63, 3.8) is 0 Å². The summed E-state index contributed by atoms with van der Waals surface area (Å²) in [7, 11) is 0. The molecule has 0 bridgehead atoms. The molecule has 5 nitrogen and oxygen atoms in total. The van der Waals surface area contributed by atoms with Gasteiger partial charge in [-0.15, -0.1) is 0 Å². The summed E-state index contributed by atoms with van der Waals surface area (Å²) in [5.41, 5.74) is 3.02. The summed E-state index contributed by atoms with van der Waals surface area (Å²) >= 11 is 18.7. The molecule has 2 aliphatic heterocycles. The number of carbonyl (C=O) groups is 1. The number of anilines is 2. The molecule has 2 saturated heterocycles. The van der Waals surface area contributed by atoms with Crippen LogP contribution in [0.3, 0.4) is 0 Å². The maximum Gasteiger partial charge on any atom is 0.225 e. The van der Waals surface area contributed by atoms with Gasteiger partial charge in [-0.25, -0.2) is 0 Å². The van der Waals surface area contributed by atoms with Gasteiger partial charge in [0.15, 0.2) is 0 Å². The first kappa shape index (κ1) is 24.0. The number of nitriles is 1. The number of rotatable bonds is 6. The second-order valence-electron chi connectivity index (χ2n) is 8.74. The number of benzene rings is 2. The van der Waals surface area contributed by atoms with E-state index in [1.165, 1.54) is 0 Å². The summed E-state index contributed by atoms with van der Waals surface area (Å²) in [5, 5.41) is 14.5. The average Bonchev–Trinajstić information content (AvgIpc) is 3.31. The van der Waals surface area contributed by atoms with Gasteiger partial charge in [0, 0.05) is 54.4 Å². The molecule has 2 aromatic carbocycles. The number of amides is 1. The summed E-state index contributed by atoms with van der Waals surface area (Å²) in [4.78, 5) is 17.0. The highest BCUT2D eigenvalue weighted by atomic mass is 35.5. The summed E-state index contributed by atoms with van der Waals surface area (Å²) in [5.74, 6) is 0.254. The molecule has 0 aliphatic carbocycles. The molecular formula is C25H27Cl3N4O.